The fourth-order valence-electron chi connectivity index (χ4n) is 4.03. The molecule has 2 N–H and O–H groups in total. The number of nitrogens with zero attached hydrogens (tertiary/aromatic N) is 3. The number of carbonyl (C=O) groups excluding carboxylic acids is 2. The second-order valence-electron chi connectivity index (χ2n) is 8.02. The van der Waals surface area contributed by atoms with Crippen LogP contribution in [-0.4, -0.2) is 52.5 Å². The summed E-state index contributed by atoms with van der Waals surface area (Å²) in [7, 11) is 1.29. The second kappa shape index (κ2) is 11.8. The van der Waals surface area contributed by atoms with Crippen molar-refractivity contribution in [2.75, 3.05) is 20.2 Å². The summed E-state index contributed by atoms with van der Waals surface area (Å²) >= 11 is 0. The molecule has 1 aromatic carbocycles. The van der Waals surface area contributed by atoms with E-state index in [-0.39, 0.29) is 24.0 Å². The van der Waals surface area contributed by atoms with Crippen LogP contribution >= 0.6 is 12.4 Å². The number of esters is 1. The summed E-state index contributed by atoms with van der Waals surface area (Å²) in [6.45, 7) is 5.88. The van der Waals surface area contributed by atoms with Crippen LogP contribution in [0.15, 0.2) is 29.1 Å². The highest BCUT2D eigenvalue weighted by molar-refractivity contribution is 5.85. The third kappa shape index (κ3) is 6.43. The Morgan fingerprint density at radius 3 is 2.50 bits per heavy atom. The smallest absolute Gasteiger partial charge is 0.350 e. The Kier molecular flexibility index (Phi) is 9.46. The first-order valence-electron chi connectivity index (χ1n) is 10.7. The fraction of sp³-hybridized carbons (Fsp3) is 0.545. The van der Waals surface area contributed by atoms with Crippen molar-refractivity contribution in [2.24, 2.45) is 5.92 Å². The maximum Gasteiger partial charge on any atom is 0.350 e. The van der Waals surface area contributed by atoms with Crippen molar-refractivity contribution in [1.82, 2.24) is 25.0 Å². The van der Waals surface area contributed by atoms with E-state index in [4.69, 9.17) is 4.74 Å². The maximum absolute atomic E-state index is 12.9. The van der Waals surface area contributed by atoms with Gasteiger partial charge in [0.2, 0.25) is 5.91 Å². The predicted molar refractivity (Wildman–Crippen MR) is 123 cm³/mol. The number of halogens is 1. The average molecular weight is 466 g/mol. The number of carbonyl (C=O) groups is 2. The van der Waals surface area contributed by atoms with Gasteiger partial charge in [-0.25, -0.2) is 18.8 Å². The van der Waals surface area contributed by atoms with Gasteiger partial charge in [-0.05, 0) is 62.9 Å². The van der Waals surface area contributed by atoms with Gasteiger partial charge in [-0.1, -0.05) is 12.1 Å². The van der Waals surface area contributed by atoms with Gasteiger partial charge in [-0.15, -0.1) is 12.4 Å². The highest BCUT2D eigenvalue weighted by atomic mass is 35.5. The molecule has 32 heavy (non-hydrogen) atoms. The monoisotopic (exact) mass is 465 g/mol. The van der Waals surface area contributed by atoms with E-state index < -0.39 is 12.0 Å². The van der Waals surface area contributed by atoms with Gasteiger partial charge < -0.3 is 15.4 Å². The lowest BCUT2D eigenvalue weighted by Gasteiger charge is -2.22. The van der Waals surface area contributed by atoms with Gasteiger partial charge in [-0.3, -0.25) is 4.79 Å². The number of hydrogen-bond donors (Lipinski definition) is 2. The van der Waals surface area contributed by atoms with Gasteiger partial charge in [0.25, 0.3) is 0 Å². The number of hydrogen-bond acceptors (Lipinski definition) is 6. The molecule has 1 amide bonds. The largest absolute Gasteiger partial charge is 0.467 e. The van der Waals surface area contributed by atoms with E-state index in [0.29, 0.717) is 30.4 Å². The molecule has 1 fully saturated rings. The summed E-state index contributed by atoms with van der Waals surface area (Å²) in [5.74, 6) is 0.463. The van der Waals surface area contributed by atoms with Crippen LogP contribution in [0.1, 0.15) is 37.6 Å². The normalized spacial score (nSPS) is 15.0. The van der Waals surface area contributed by atoms with E-state index >= 15 is 0 Å². The van der Waals surface area contributed by atoms with E-state index in [1.54, 1.807) is 9.25 Å². The molecule has 1 aliphatic heterocycles. The molecule has 2 aromatic rings. The quantitative estimate of drug-likeness (QED) is 0.570. The molecule has 0 saturated carbocycles. The van der Waals surface area contributed by atoms with Crippen molar-refractivity contribution in [3.05, 3.63) is 46.1 Å². The van der Waals surface area contributed by atoms with Crippen LogP contribution in [0.25, 0.3) is 5.69 Å². The van der Waals surface area contributed by atoms with Crippen molar-refractivity contribution in [3.8, 4) is 5.69 Å². The minimum Gasteiger partial charge on any atom is -0.467 e. The summed E-state index contributed by atoms with van der Waals surface area (Å²) in [5.41, 5.74) is 1.41. The summed E-state index contributed by atoms with van der Waals surface area (Å²) in [6, 6.07) is 6.57. The third-order valence-electron chi connectivity index (χ3n) is 5.71. The van der Waals surface area contributed by atoms with Crippen molar-refractivity contribution >= 4 is 24.3 Å². The SMILES string of the molecule is COC(=O)C(Cc1ccc(-n2c(C)nn(CCC3CCNCC3)c2=O)cc1)NC(C)=O.Cl. The molecule has 1 unspecified atom stereocenters. The number of amides is 1. The van der Waals surface area contributed by atoms with Crippen LogP contribution in [0.4, 0.5) is 0 Å². The molecule has 2 heterocycles. The minimum absolute atomic E-state index is 0. The Balaban J connectivity index is 0.00000363. The maximum atomic E-state index is 12.9. The summed E-state index contributed by atoms with van der Waals surface area (Å²) in [5, 5.41) is 10.4. The van der Waals surface area contributed by atoms with Crippen LogP contribution in [0.3, 0.4) is 0 Å². The number of aryl methyl sites for hydroxylation is 2. The molecule has 0 bridgehead atoms. The molecule has 0 aliphatic carbocycles. The summed E-state index contributed by atoms with van der Waals surface area (Å²) < 4.78 is 7.91. The summed E-state index contributed by atoms with van der Waals surface area (Å²) in [4.78, 5) is 36.2. The first kappa shape index (κ1) is 25.6. The van der Waals surface area contributed by atoms with Gasteiger partial charge in [0.1, 0.15) is 11.9 Å². The van der Waals surface area contributed by atoms with Crippen LogP contribution in [-0.2, 0) is 27.3 Å². The lowest BCUT2D eigenvalue weighted by molar-refractivity contribution is -0.144. The molecule has 176 valence electrons. The molecular weight excluding hydrogens is 434 g/mol. The van der Waals surface area contributed by atoms with E-state index in [1.165, 1.54) is 14.0 Å². The lowest BCUT2D eigenvalue weighted by Crippen LogP contribution is -2.41. The van der Waals surface area contributed by atoms with Crippen LogP contribution < -0.4 is 16.3 Å². The van der Waals surface area contributed by atoms with E-state index in [2.05, 4.69) is 15.7 Å². The Hall–Kier alpha value is -2.65. The Labute approximate surface area is 193 Å². The van der Waals surface area contributed by atoms with Crippen molar-refractivity contribution in [1.29, 1.82) is 0 Å². The molecule has 1 aliphatic rings. The number of nitrogens with one attached hydrogen (secondary N) is 2. The zero-order valence-corrected chi connectivity index (χ0v) is 19.6. The number of rotatable bonds is 8. The average Bonchev–Trinajstić information content (AvgIpc) is 3.05. The van der Waals surface area contributed by atoms with Gasteiger partial charge in [0.15, 0.2) is 0 Å². The Morgan fingerprint density at radius 1 is 1.25 bits per heavy atom. The standard InChI is InChI=1S/C22H31N5O4.ClH/c1-15-25-26(13-10-17-8-11-23-12-9-17)22(30)27(15)19-6-4-18(5-7-19)14-20(21(29)31-3)24-16(2)28;/h4-7,17,20,23H,8-14H2,1-3H3,(H,24,28);1H. The number of aromatic nitrogens is 3. The molecule has 0 radical (unpaired) electrons. The Bertz CT molecular complexity index is 964. The minimum atomic E-state index is -0.754. The van der Waals surface area contributed by atoms with Crippen LogP contribution in [0.2, 0.25) is 0 Å². The zero-order chi connectivity index (χ0) is 22.4. The lowest BCUT2D eigenvalue weighted by atomic mass is 9.95. The first-order valence-corrected chi connectivity index (χ1v) is 10.7. The molecule has 3 rings (SSSR count). The first-order chi connectivity index (χ1) is 14.9. The molecule has 10 heteroatoms. The predicted octanol–water partition coefficient (Wildman–Crippen LogP) is 1.37. The molecule has 1 saturated heterocycles. The molecule has 9 nitrogen and oxygen atoms in total. The Morgan fingerprint density at radius 2 is 1.91 bits per heavy atom. The van der Waals surface area contributed by atoms with E-state index in [1.807, 2.05) is 31.2 Å². The fourth-order valence-corrected chi connectivity index (χ4v) is 4.03. The molecule has 1 atom stereocenters. The highest BCUT2D eigenvalue weighted by Gasteiger charge is 2.21. The van der Waals surface area contributed by atoms with Gasteiger partial charge >= 0.3 is 11.7 Å². The highest BCUT2D eigenvalue weighted by Crippen LogP contribution is 2.17. The van der Waals surface area contributed by atoms with Crippen LogP contribution in [0, 0.1) is 12.8 Å². The van der Waals surface area contributed by atoms with Gasteiger partial charge in [-0.2, -0.15) is 5.10 Å². The summed E-state index contributed by atoms with van der Waals surface area (Å²) in [6.07, 6.45) is 3.53. The van der Waals surface area contributed by atoms with Crippen molar-refractivity contribution < 1.29 is 14.3 Å². The topological polar surface area (TPSA) is 107 Å². The van der Waals surface area contributed by atoms with Crippen LogP contribution in [0.5, 0.6) is 0 Å². The number of piperidine rings is 1. The molecular formula is C22H32ClN5O4. The van der Waals surface area contributed by atoms with Crippen molar-refractivity contribution in [2.45, 2.75) is 52.1 Å². The molecule has 1 aromatic heterocycles. The molecule has 0 spiro atoms. The third-order valence-corrected chi connectivity index (χ3v) is 5.71. The van der Waals surface area contributed by atoms with E-state index in [9.17, 15) is 14.4 Å². The van der Waals surface area contributed by atoms with Crippen molar-refractivity contribution in [3.63, 3.8) is 0 Å². The number of ether oxygens (including phenoxy) is 1. The zero-order valence-electron chi connectivity index (χ0n) is 18.8. The number of methoxy groups -OCH3 is 1. The van der Waals surface area contributed by atoms with Gasteiger partial charge in [0, 0.05) is 19.9 Å². The second-order valence-corrected chi connectivity index (χ2v) is 8.02. The van der Waals surface area contributed by atoms with Gasteiger partial charge in [0.05, 0.1) is 12.8 Å². The van der Waals surface area contributed by atoms with E-state index in [0.717, 1.165) is 37.9 Å². The number of benzene rings is 1.